The number of piperidine rings is 1. The van der Waals surface area contributed by atoms with E-state index in [1.165, 1.54) is 10.4 Å². The summed E-state index contributed by atoms with van der Waals surface area (Å²) in [5.41, 5.74) is 1.80. The smallest absolute Gasteiger partial charge is 0.230 e. The Bertz CT molecular complexity index is 812. The van der Waals surface area contributed by atoms with Crippen LogP contribution in [-0.2, 0) is 16.0 Å². The molecule has 1 atom stereocenters. The highest BCUT2D eigenvalue weighted by Crippen LogP contribution is 2.36. The summed E-state index contributed by atoms with van der Waals surface area (Å²) in [5.74, 6) is 0.218. The average molecular weight is 399 g/mol. The van der Waals surface area contributed by atoms with Gasteiger partial charge in [0.1, 0.15) is 0 Å². The van der Waals surface area contributed by atoms with Crippen LogP contribution in [0.2, 0.25) is 0 Å². The molecule has 0 aliphatic carbocycles. The van der Waals surface area contributed by atoms with Crippen LogP contribution in [0.3, 0.4) is 0 Å². The van der Waals surface area contributed by atoms with Crippen molar-refractivity contribution in [2.75, 3.05) is 27.2 Å². The number of nitrogens with zero attached hydrogens (tertiary/aromatic N) is 2. The van der Waals surface area contributed by atoms with E-state index >= 15 is 0 Å². The molecule has 2 heterocycles. The third-order valence-electron chi connectivity index (χ3n) is 5.54. The summed E-state index contributed by atoms with van der Waals surface area (Å²) < 4.78 is 0. The van der Waals surface area contributed by atoms with Crippen LogP contribution in [0.25, 0.3) is 10.4 Å². The predicted molar refractivity (Wildman–Crippen MR) is 115 cm³/mol. The van der Waals surface area contributed by atoms with Crippen LogP contribution in [0.4, 0.5) is 0 Å². The van der Waals surface area contributed by atoms with Crippen LogP contribution >= 0.6 is 11.3 Å². The van der Waals surface area contributed by atoms with Crippen molar-refractivity contribution in [1.82, 2.24) is 9.80 Å². The van der Waals surface area contributed by atoms with E-state index in [2.05, 4.69) is 41.8 Å². The summed E-state index contributed by atoms with van der Waals surface area (Å²) in [6.07, 6.45) is 2.35. The molecule has 150 valence electrons. The maximum atomic E-state index is 13.2. The number of carbonyl (C=O) groups is 2. The van der Waals surface area contributed by atoms with Crippen molar-refractivity contribution in [1.29, 1.82) is 0 Å². The molecule has 1 aliphatic heterocycles. The van der Waals surface area contributed by atoms with Crippen molar-refractivity contribution < 1.29 is 9.59 Å². The van der Waals surface area contributed by atoms with E-state index in [-0.39, 0.29) is 17.7 Å². The minimum Gasteiger partial charge on any atom is -0.348 e. The third kappa shape index (κ3) is 4.30. The number of hydrogen-bond acceptors (Lipinski definition) is 3. The van der Waals surface area contributed by atoms with Gasteiger partial charge >= 0.3 is 0 Å². The molecular weight excluding hydrogens is 368 g/mol. The van der Waals surface area contributed by atoms with Gasteiger partial charge in [0.25, 0.3) is 0 Å². The van der Waals surface area contributed by atoms with Gasteiger partial charge in [-0.25, -0.2) is 0 Å². The zero-order valence-corrected chi connectivity index (χ0v) is 18.1. The molecule has 1 saturated heterocycles. The van der Waals surface area contributed by atoms with Gasteiger partial charge in [0.05, 0.1) is 5.41 Å². The summed E-state index contributed by atoms with van der Waals surface area (Å²) in [5, 5.41) is 2.08. The molecule has 3 rings (SSSR count). The minimum atomic E-state index is -0.545. The molecule has 5 heteroatoms. The first kappa shape index (κ1) is 20.6. The first-order valence-corrected chi connectivity index (χ1v) is 10.8. The Morgan fingerprint density at radius 3 is 2.46 bits per heavy atom. The van der Waals surface area contributed by atoms with Crippen molar-refractivity contribution >= 4 is 23.2 Å². The van der Waals surface area contributed by atoms with E-state index in [9.17, 15) is 9.59 Å². The molecule has 28 heavy (non-hydrogen) atoms. The van der Waals surface area contributed by atoms with Gasteiger partial charge in [0.2, 0.25) is 11.8 Å². The fraction of sp³-hybridized carbons (Fsp3) is 0.478. The molecule has 0 unspecified atom stereocenters. The molecule has 1 fully saturated rings. The zero-order valence-electron chi connectivity index (χ0n) is 17.3. The lowest BCUT2D eigenvalue weighted by atomic mass is 9.73. The maximum absolute atomic E-state index is 13.2. The van der Waals surface area contributed by atoms with Gasteiger partial charge in [-0.2, -0.15) is 0 Å². The molecule has 0 saturated carbocycles. The van der Waals surface area contributed by atoms with Gasteiger partial charge in [-0.1, -0.05) is 44.2 Å². The summed E-state index contributed by atoms with van der Waals surface area (Å²) in [6.45, 7) is 5.11. The molecule has 2 aromatic rings. The number of hydrogen-bond donors (Lipinski definition) is 0. The van der Waals surface area contributed by atoms with Crippen LogP contribution in [0, 0.1) is 11.3 Å². The minimum absolute atomic E-state index is 0.0460. The second-order valence-electron chi connectivity index (χ2n) is 8.35. The molecule has 1 aromatic carbocycles. The SMILES string of the molecule is CC(C)C(=O)N1CCC[C@@](Cc2ccc(-c3cccs3)cc2)(C(=O)N(C)C)C1. The lowest BCUT2D eigenvalue weighted by Gasteiger charge is -2.43. The topological polar surface area (TPSA) is 40.6 Å². The average Bonchev–Trinajstić information content (AvgIpc) is 3.22. The molecule has 4 nitrogen and oxygen atoms in total. The van der Waals surface area contributed by atoms with Crippen molar-refractivity contribution in [3.8, 4) is 10.4 Å². The van der Waals surface area contributed by atoms with Crippen LogP contribution in [-0.4, -0.2) is 48.8 Å². The molecular formula is C23H30N2O2S. The van der Waals surface area contributed by atoms with Gasteiger partial charge in [0, 0.05) is 38.0 Å². The van der Waals surface area contributed by atoms with E-state index in [1.54, 1.807) is 16.2 Å². The first-order valence-electron chi connectivity index (χ1n) is 9.96. The van der Waals surface area contributed by atoms with Crippen molar-refractivity contribution in [3.63, 3.8) is 0 Å². The number of benzene rings is 1. The van der Waals surface area contributed by atoms with E-state index in [4.69, 9.17) is 0 Å². The quantitative estimate of drug-likeness (QED) is 0.753. The van der Waals surface area contributed by atoms with Gasteiger partial charge in [-0.3, -0.25) is 9.59 Å². The molecule has 2 amide bonds. The molecule has 0 N–H and O–H groups in total. The highest BCUT2D eigenvalue weighted by molar-refractivity contribution is 7.13. The fourth-order valence-corrected chi connectivity index (χ4v) is 4.91. The number of amides is 2. The lowest BCUT2D eigenvalue weighted by molar-refractivity contribution is -0.148. The third-order valence-corrected chi connectivity index (χ3v) is 6.46. The second-order valence-corrected chi connectivity index (χ2v) is 9.30. The van der Waals surface area contributed by atoms with Crippen molar-refractivity contribution in [2.45, 2.75) is 33.1 Å². The molecule has 0 radical (unpaired) electrons. The Kier molecular flexibility index (Phi) is 6.23. The monoisotopic (exact) mass is 398 g/mol. The Morgan fingerprint density at radius 1 is 1.18 bits per heavy atom. The predicted octanol–water partition coefficient (Wildman–Crippen LogP) is 4.31. The van der Waals surface area contributed by atoms with Gasteiger partial charge in [-0.05, 0) is 41.8 Å². The fourth-order valence-electron chi connectivity index (χ4n) is 4.17. The van der Waals surface area contributed by atoms with Crippen LogP contribution < -0.4 is 0 Å². The van der Waals surface area contributed by atoms with Gasteiger partial charge < -0.3 is 9.80 Å². The summed E-state index contributed by atoms with van der Waals surface area (Å²) in [4.78, 5) is 30.6. The first-order chi connectivity index (χ1) is 13.3. The normalized spacial score (nSPS) is 19.7. The number of rotatable bonds is 5. The number of carbonyl (C=O) groups excluding carboxylic acids is 2. The molecule has 1 aliphatic rings. The Hall–Kier alpha value is -2.14. The largest absolute Gasteiger partial charge is 0.348 e. The van der Waals surface area contributed by atoms with E-state index < -0.39 is 5.41 Å². The summed E-state index contributed by atoms with van der Waals surface area (Å²) in [7, 11) is 3.63. The summed E-state index contributed by atoms with van der Waals surface area (Å²) >= 11 is 1.73. The van der Waals surface area contributed by atoms with E-state index in [1.807, 2.05) is 32.8 Å². The molecule has 0 spiro atoms. The van der Waals surface area contributed by atoms with Crippen LogP contribution in [0.1, 0.15) is 32.3 Å². The number of thiophene rings is 1. The Labute approximate surface area is 172 Å². The molecule has 0 bridgehead atoms. The van der Waals surface area contributed by atoms with E-state index in [0.717, 1.165) is 24.9 Å². The van der Waals surface area contributed by atoms with Crippen molar-refractivity contribution in [3.05, 3.63) is 47.3 Å². The van der Waals surface area contributed by atoms with E-state index in [0.29, 0.717) is 13.0 Å². The Balaban J connectivity index is 1.86. The highest BCUT2D eigenvalue weighted by Gasteiger charge is 2.44. The van der Waals surface area contributed by atoms with Gasteiger partial charge in [0.15, 0.2) is 0 Å². The maximum Gasteiger partial charge on any atom is 0.230 e. The lowest BCUT2D eigenvalue weighted by Crippen LogP contribution is -2.54. The number of likely N-dealkylation sites (tertiary alicyclic amines) is 1. The second kappa shape index (κ2) is 8.48. The van der Waals surface area contributed by atoms with Gasteiger partial charge in [-0.15, -0.1) is 11.3 Å². The van der Waals surface area contributed by atoms with Crippen LogP contribution in [0.5, 0.6) is 0 Å². The van der Waals surface area contributed by atoms with Crippen LogP contribution in [0.15, 0.2) is 41.8 Å². The summed E-state index contributed by atoms with van der Waals surface area (Å²) in [6, 6.07) is 12.7. The molecule has 1 aromatic heterocycles. The standard InChI is InChI=1S/C23H30N2O2S/c1-17(2)21(26)25-13-6-12-23(16-25,22(27)24(3)4)15-18-8-10-19(11-9-18)20-7-5-14-28-20/h5,7-11,14,17H,6,12-13,15-16H2,1-4H3/t23-/m0/s1. The zero-order chi connectivity index (χ0) is 20.3. The Morgan fingerprint density at radius 2 is 1.89 bits per heavy atom. The highest BCUT2D eigenvalue weighted by atomic mass is 32.1. The van der Waals surface area contributed by atoms with Crippen molar-refractivity contribution in [2.24, 2.45) is 11.3 Å².